The van der Waals surface area contributed by atoms with E-state index >= 15 is 0 Å². The molecule has 2 fully saturated rings. The van der Waals surface area contributed by atoms with Crippen LogP contribution in [-0.2, 0) is 9.59 Å². The number of carbonyl (C=O) groups is 2. The van der Waals surface area contributed by atoms with Crippen molar-refractivity contribution >= 4 is 11.9 Å². The zero-order chi connectivity index (χ0) is 16.0. The monoisotopic (exact) mass is 309 g/mol. The zero-order valence-corrected chi connectivity index (χ0v) is 12.1. The van der Waals surface area contributed by atoms with Crippen molar-refractivity contribution < 1.29 is 23.5 Å². The van der Waals surface area contributed by atoms with Crippen LogP contribution in [0.4, 0.5) is 8.78 Å². The fourth-order valence-electron chi connectivity index (χ4n) is 2.96. The Labute approximate surface area is 126 Å². The van der Waals surface area contributed by atoms with Gasteiger partial charge in [-0.2, -0.15) is 0 Å². The minimum atomic E-state index is -1.04. The molecule has 3 unspecified atom stereocenters. The number of carboxylic acid groups (broad SMARTS) is 1. The standard InChI is InChI=1S/C16H17F2NO3/c1-8(16(21)22)19(10-3-4-10)15(20)13-7-12(13)11-5-2-9(17)6-14(11)18/h2,5-6,8,10,12-13H,3-4,7H2,1H3,(H,21,22). The van der Waals surface area contributed by atoms with E-state index in [4.69, 9.17) is 5.11 Å². The molecule has 3 atom stereocenters. The van der Waals surface area contributed by atoms with E-state index in [1.807, 2.05) is 0 Å². The molecule has 1 amide bonds. The quantitative estimate of drug-likeness (QED) is 0.909. The maximum absolute atomic E-state index is 13.8. The van der Waals surface area contributed by atoms with E-state index < -0.39 is 29.6 Å². The Kier molecular flexibility index (Phi) is 3.62. The summed E-state index contributed by atoms with van der Waals surface area (Å²) < 4.78 is 26.7. The van der Waals surface area contributed by atoms with Crippen LogP contribution in [0.1, 0.15) is 37.7 Å². The van der Waals surface area contributed by atoms with Gasteiger partial charge in [0.25, 0.3) is 0 Å². The fourth-order valence-corrected chi connectivity index (χ4v) is 2.96. The second-order valence-electron chi connectivity index (χ2n) is 6.11. The molecule has 1 N–H and O–H groups in total. The van der Waals surface area contributed by atoms with Crippen LogP contribution in [0, 0.1) is 17.6 Å². The molecule has 2 aliphatic carbocycles. The normalized spacial score (nSPS) is 24.7. The summed E-state index contributed by atoms with van der Waals surface area (Å²) in [7, 11) is 0. The highest BCUT2D eigenvalue weighted by molar-refractivity contribution is 5.88. The van der Waals surface area contributed by atoms with E-state index in [0.717, 1.165) is 18.9 Å². The predicted molar refractivity (Wildman–Crippen MR) is 74.2 cm³/mol. The van der Waals surface area contributed by atoms with Crippen LogP contribution < -0.4 is 0 Å². The van der Waals surface area contributed by atoms with Crippen molar-refractivity contribution in [1.29, 1.82) is 0 Å². The second-order valence-corrected chi connectivity index (χ2v) is 6.11. The Balaban J connectivity index is 1.75. The fraction of sp³-hybridized carbons (Fsp3) is 0.500. The molecule has 2 aliphatic rings. The summed E-state index contributed by atoms with van der Waals surface area (Å²) in [5.41, 5.74) is 0.332. The van der Waals surface area contributed by atoms with E-state index in [1.54, 1.807) is 0 Å². The third-order valence-electron chi connectivity index (χ3n) is 4.44. The second kappa shape index (κ2) is 5.34. The molecule has 1 aromatic rings. The van der Waals surface area contributed by atoms with Crippen molar-refractivity contribution in [1.82, 2.24) is 4.90 Å². The average molecular weight is 309 g/mol. The van der Waals surface area contributed by atoms with Gasteiger partial charge in [0.15, 0.2) is 0 Å². The molecule has 4 nitrogen and oxygen atoms in total. The molecule has 0 radical (unpaired) electrons. The topological polar surface area (TPSA) is 57.6 Å². The number of rotatable bonds is 5. The van der Waals surface area contributed by atoms with E-state index in [0.29, 0.717) is 12.0 Å². The average Bonchev–Trinajstić information content (AvgIpc) is 3.32. The van der Waals surface area contributed by atoms with E-state index in [2.05, 4.69) is 0 Å². The number of nitrogens with zero attached hydrogens (tertiary/aromatic N) is 1. The number of hydrogen-bond donors (Lipinski definition) is 1. The molecule has 22 heavy (non-hydrogen) atoms. The maximum atomic E-state index is 13.8. The largest absolute Gasteiger partial charge is 0.480 e. The molecule has 1 aromatic carbocycles. The van der Waals surface area contributed by atoms with Gasteiger partial charge in [0.05, 0.1) is 0 Å². The molecule has 0 heterocycles. The summed E-state index contributed by atoms with van der Waals surface area (Å²) in [6.07, 6.45) is 2.11. The number of carbonyl (C=O) groups excluding carboxylic acids is 1. The zero-order valence-electron chi connectivity index (χ0n) is 12.1. The van der Waals surface area contributed by atoms with Gasteiger partial charge in [0, 0.05) is 18.0 Å². The minimum Gasteiger partial charge on any atom is -0.480 e. The highest BCUT2D eigenvalue weighted by atomic mass is 19.1. The molecule has 0 saturated heterocycles. The Morgan fingerprint density at radius 1 is 1.32 bits per heavy atom. The van der Waals surface area contributed by atoms with Gasteiger partial charge < -0.3 is 10.0 Å². The third-order valence-corrected chi connectivity index (χ3v) is 4.44. The Hall–Kier alpha value is -1.98. The van der Waals surface area contributed by atoms with Crippen molar-refractivity contribution in [2.24, 2.45) is 5.92 Å². The number of benzene rings is 1. The van der Waals surface area contributed by atoms with Crippen LogP contribution in [-0.4, -0.2) is 34.0 Å². The Bertz CT molecular complexity index is 630. The van der Waals surface area contributed by atoms with Gasteiger partial charge in [0.1, 0.15) is 17.7 Å². The van der Waals surface area contributed by atoms with E-state index in [9.17, 15) is 18.4 Å². The predicted octanol–water partition coefficient (Wildman–Crippen LogP) is 2.53. The molecular weight excluding hydrogens is 292 g/mol. The van der Waals surface area contributed by atoms with Crippen molar-refractivity contribution in [3.63, 3.8) is 0 Å². The van der Waals surface area contributed by atoms with Crippen LogP contribution in [0.3, 0.4) is 0 Å². The number of hydrogen-bond acceptors (Lipinski definition) is 2. The first kappa shape index (κ1) is 14.9. The summed E-state index contributed by atoms with van der Waals surface area (Å²) in [6, 6.07) is 2.46. The van der Waals surface area contributed by atoms with Gasteiger partial charge in [-0.1, -0.05) is 6.07 Å². The van der Waals surface area contributed by atoms with Crippen molar-refractivity contribution in [2.75, 3.05) is 0 Å². The van der Waals surface area contributed by atoms with E-state index in [1.165, 1.54) is 24.0 Å². The van der Waals surface area contributed by atoms with Crippen LogP contribution in [0.15, 0.2) is 18.2 Å². The molecule has 0 aromatic heterocycles. The van der Waals surface area contributed by atoms with Gasteiger partial charge >= 0.3 is 5.97 Å². The molecule has 6 heteroatoms. The number of halogens is 2. The summed E-state index contributed by atoms with van der Waals surface area (Å²) in [4.78, 5) is 25.2. The SMILES string of the molecule is CC(C(=O)O)N(C(=O)C1CC1c1ccc(F)cc1F)C1CC1. The van der Waals surface area contributed by atoms with Crippen molar-refractivity contribution in [3.05, 3.63) is 35.4 Å². The summed E-state index contributed by atoms with van der Waals surface area (Å²) >= 11 is 0. The van der Waals surface area contributed by atoms with Gasteiger partial charge in [-0.3, -0.25) is 4.79 Å². The highest BCUT2D eigenvalue weighted by Crippen LogP contribution is 2.50. The number of aliphatic carboxylic acids is 1. The van der Waals surface area contributed by atoms with Gasteiger partial charge in [0.2, 0.25) is 5.91 Å². The third kappa shape index (κ3) is 2.69. The lowest BCUT2D eigenvalue weighted by atomic mass is 10.1. The molecule has 0 aliphatic heterocycles. The molecule has 118 valence electrons. The smallest absolute Gasteiger partial charge is 0.326 e. The molecule has 0 spiro atoms. The first-order valence-corrected chi connectivity index (χ1v) is 7.40. The first-order chi connectivity index (χ1) is 10.4. The summed E-state index contributed by atoms with van der Waals surface area (Å²) in [5, 5.41) is 9.14. The van der Waals surface area contributed by atoms with E-state index in [-0.39, 0.29) is 17.9 Å². The Morgan fingerprint density at radius 2 is 2.00 bits per heavy atom. The summed E-state index contributed by atoms with van der Waals surface area (Å²) in [6.45, 7) is 1.49. The molecule has 2 saturated carbocycles. The van der Waals surface area contributed by atoms with Crippen molar-refractivity contribution in [2.45, 2.75) is 44.2 Å². The van der Waals surface area contributed by atoms with Crippen LogP contribution in [0.25, 0.3) is 0 Å². The first-order valence-electron chi connectivity index (χ1n) is 7.40. The maximum Gasteiger partial charge on any atom is 0.326 e. The number of amides is 1. The summed E-state index contributed by atoms with van der Waals surface area (Å²) in [5.74, 6) is -3.25. The lowest BCUT2D eigenvalue weighted by Crippen LogP contribution is -2.45. The number of carboxylic acids is 1. The van der Waals surface area contributed by atoms with Gasteiger partial charge in [-0.15, -0.1) is 0 Å². The lowest BCUT2D eigenvalue weighted by molar-refractivity contribution is -0.150. The molecular formula is C16H17F2NO3. The van der Waals surface area contributed by atoms with Crippen LogP contribution in [0.5, 0.6) is 0 Å². The van der Waals surface area contributed by atoms with Gasteiger partial charge in [-0.25, -0.2) is 13.6 Å². The minimum absolute atomic E-state index is 0.0158. The lowest BCUT2D eigenvalue weighted by Gasteiger charge is -2.26. The van der Waals surface area contributed by atoms with Crippen LogP contribution >= 0.6 is 0 Å². The molecule has 3 rings (SSSR count). The van der Waals surface area contributed by atoms with Gasteiger partial charge in [-0.05, 0) is 43.7 Å². The molecule has 0 bridgehead atoms. The van der Waals surface area contributed by atoms with Crippen molar-refractivity contribution in [3.8, 4) is 0 Å². The van der Waals surface area contributed by atoms with Crippen LogP contribution in [0.2, 0.25) is 0 Å². The Morgan fingerprint density at radius 3 is 2.55 bits per heavy atom. The highest BCUT2D eigenvalue weighted by Gasteiger charge is 2.50.